The number of carbonyl (C=O) groups excluding carboxylic acids is 1. The minimum absolute atomic E-state index is 0.0226. The quantitative estimate of drug-likeness (QED) is 0.656. The number of ether oxygens (including phenoxy) is 2. The summed E-state index contributed by atoms with van der Waals surface area (Å²) in [5.41, 5.74) is -0.465. The molecule has 1 aliphatic carbocycles. The Bertz CT molecular complexity index is 722. The van der Waals surface area contributed by atoms with Crippen molar-refractivity contribution in [3.63, 3.8) is 0 Å². The van der Waals surface area contributed by atoms with E-state index in [2.05, 4.69) is 10.2 Å². The van der Waals surface area contributed by atoms with Gasteiger partial charge in [0.05, 0.1) is 0 Å². The van der Waals surface area contributed by atoms with Crippen LogP contribution < -0.4 is 10.1 Å². The molecule has 1 aromatic rings. The first-order valence-corrected chi connectivity index (χ1v) is 11.5. The maximum Gasteiger partial charge on any atom is 0.407 e. The largest absolute Gasteiger partial charge is 0.487 e. The lowest BCUT2D eigenvalue weighted by Gasteiger charge is -2.34. The minimum Gasteiger partial charge on any atom is -0.487 e. The third-order valence-corrected chi connectivity index (χ3v) is 6.14. The third-order valence-electron chi connectivity index (χ3n) is 6.14. The van der Waals surface area contributed by atoms with Crippen LogP contribution in [0.5, 0.6) is 5.75 Å². The zero-order valence-electron chi connectivity index (χ0n) is 19.0. The van der Waals surface area contributed by atoms with Crippen LogP contribution in [-0.2, 0) is 4.74 Å². The molecule has 1 saturated carbocycles. The van der Waals surface area contributed by atoms with Crippen molar-refractivity contribution in [2.75, 3.05) is 19.6 Å². The van der Waals surface area contributed by atoms with Gasteiger partial charge in [0, 0.05) is 25.2 Å². The molecular formula is C24H36F2N2O3. The fraction of sp³-hybridized carbons (Fsp3) is 0.708. The van der Waals surface area contributed by atoms with E-state index in [0.717, 1.165) is 70.6 Å². The number of hydrogen-bond donors (Lipinski definition) is 1. The van der Waals surface area contributed by atoms with Crippen LogP contribution in [0.15, 0.2) is 18.2 Å². The van der Waals surface area contributed by atoms with E-state index in [0.29, 0.717) is 5.92 Å². The topological polar surface area (TPSA) is 50.8 Å². The van der Waals surface area contributed by atoms with Gasteiger partial charge < -0.3 is 19.7 Å². The Morgan fingerprint density at radius 2 is 1.77 bits per heavy atom. The molecule has 1 N–H and O–H groups in total. The average Bonchev–Trinajstić information content (AvgIpc) is 2.69. The molecule has 0 bridgehead atoms. The van der Waals surface area contributed by atoms with E-state index in [1.165, 1.54) is 12.1 Å². The molecule has 1 amide bonds. The van der Waals surface area contributed by atoms with Gasteiger partial charge in [0.15, 0.2) is 11.6 Å². The Morgan fingerprint density at radius 3 is 2.39 bits per heavy atom. The molecule has 3 rings (SSSR count). The molecule has 0 radical (unpaired) electrons. The summed E-state index contributed by atoms with van der Waals surface area (Å²) in [6.07, 6.45) is 6.79. The molecule has 5 nitrogen and oxygen atoms in total. The number of carbonyl (C=O) groups is 1. The lowest BCUT2D eigenvalue weighted by atomic mass is 9.84. The molecule has 1 aliphatic heterocycles. The van der Waals surface area contributed by atoms with E-state index in [1.54, 1.807) is 0 Å². The second kappa shape index (κ2) is 10.6. The van der Waals surface area contributed by atoms with Gasteiger partial charge in [-0.25, -0.2) is 13.6 Å². The highest BCUT2D eigenvalue weighted by Crippen LogP contribution is 2.28. The average molecular weight is 439 g/mol. The zero-order chi connectivity index (χ0) is 22.4. The smallest absolute Gasteiger partial charge is 0.407 e. The highest BCUT2D eigenvalue weighted by molar-refractivity contribution is 5.68. The summed E-state index contributed by atoms with van der Waals surface area (Å²) in [4.78, 5) is 14.4. The van der Waals surface area contributed by atoms with Gasteiger partial charge in [-0.2, -0.15) is 0 Å². The van der Waals surface area contributed by atoms with E-state index < -0.39 is 17.2 Å². The van der Waals surface area contributed by atoms with Crippen molar-refractivity contribution < 1.29 is 23.0 Å². The maximum absolute atomic E-state index is 13.8. The predicted octanol–water partition coefficient (Wildman–Crippen LogP) is 5.28. The lowest BCUT2D eigenvalue weighted by Crippen LogP contribution is -2.41. The number of halogens is 2. The van der Waals surface area contributed by atoms with Crippen LogP contribution in [0, 0.1) is 17.6 Å². The lowest BCUT2D eigenvalue weighted by molar-refractivity contribution is 0.0484. The number of benzene rings is 1. The summed E-state index contributed by atoms with van der Waals surface area (Å²) in [6.45, 7) is 8.55. The summed E-state index contributed by atoms with van der Waals surface area (Å²) in [5, 5.41) is 3.00. The molecule has 0 aromatic heterocycles. The van der Waals surface area contributed by atoms with Gasteiger partial charge in [0.25, 0.3) is 0 Å². The molecule has 0 unspecified atom stereocenters. The van der Waals surface area contributed by atoms with E-state index in [9.17, 15) is 13.6 Å². The first-order valence-electron chi connectivity index (χ1n) is 11.5. The normalized spacial score (nSPS) is 23.4. The van der Waals surface area contributed by atoms with E-state index in [1.807, 2.05) is 20.8 Å². The second-order valence-electron chi connectivity index (χ2n) is 9.89. The maximum atomic E-state index is 13.8. The SMILES string of the molecule is CC(C)(C)OC(=O)N[C@H]1CC[C@H](CCN2CCC(Oc3ccc(F)cc3F)CC2)CC1. The van der Waals surface area contributed by atoms with Crippen molar-refractivity contribution in [1.82, 2.24) is 10.2 Å². The van der Waals surface area contributed by atoms with Crippen LogP contribution in [0.1, 0.15) is 65.7 Å². The van der Waals surface area contributed by atoms with Crippen molar-refractivity contribution in [3.8, 4) is 5.75 Å². The van der Waals surface area contributed by atoms with Crippen LogP contribution in [0.2, 0.25) is 0 Å². The summed E-state index contributed by atoms with van der Waals surface area (Å²) in [7, 11) is 0. The van der Waals surface area contributed by atoms with Crippen LogP contribution in [-0.4, -0.2) is 48.4 Å². The summed E-state index contributed by atoms with van der Waals surface area (Å²) >= 11 is 0. The van der Waals surface area contributed by atoms with Crippen LogP contribution in [0.3, 0.4) is 0 Å². The number of nitrogens with zero attached hydrogens (tertiary/aromatic N) is 1. The zero-order valence-corrected chi connectivity index (χ0v) is 19.0. The highest BCUT2D eigenvalue weighted by atomic mass is 19.1. The highest BCUT2D eigenvalue weighted by Gasteiger charge is 2.26. The Balaban J connectivity index is 1.30. The first kappa shape index (κ1) is 23.8. The van der Waals surface area contributed by atoms with E-state index >= 15 is 0 Å². The third kappa shape index (κ3) is 7.95. The summed E-state index contributed by atoms with van der Waals surface area (Å²) < 4.78 is 37.9. The van der Waals surface area contributed by atoms with Crippen molar-refractivity contribution in [3.05, 3.63) is 29.8 Å². The van der Waals surface area contributed by atoms with E-state index in [-0.39, 0.29) is 24.0 Å². The number of nitrogens with one attached hydrogen (secondary N) is 1. The fourth-order valence-electron chi connectivity index (χ4n) is 4.44. The molecule has 1 heterocycles. The molecule has 7 heteroatoms. The summed E-state index contributed by atoms with van der Waals surface area (Å²) in [5.74, 6) is -0.399. The molecule has 2 fully saturated rings. The molecule has 174 valence electrons. The Hall–Kier alpha value is -1.89. The number of alkyl carbamates (subject to hydrolysis) is 1. The molecular weight excluding hydrogens is 402 g/mol. The van der Waals surface area contributed by atoms with Crippen LogP contribution in [0.4, 0.5) is 13.6 Å². The monoisotopic (exact) mass is 438 g/mol. The van der Waals surface area contributed by atoms with Gasteiger partial charge in [-0.3, -0.25) is 0 Å². The van der Waals surface area contributed by atoms with Crippen molar-refractivity contribution in [2.45, 2.75) is 83.5 Å². The van der Waals surface area contributed by atoms with Gasteiger partial charge in [0.2, 0.25) is 0 Å². The van der Waals surface area contributed by atoms with E-state index in [4.69, 9.17) is 9.47 Å². The van der Waals surface area contributed by atoms with Gasteiger partial charge >= 0.3 is 6.09 Å². The van der Waals surface area contributed by atoms with Gasteiger partial charge in [-0.1, -0.05) is 0 Å². The van der Waals surface area contributed by atoms with Gasteiger partial charge in [0.1, 0.15) is 17.5 Å². The molecule has 0 spiro atoms. The predicted molar refractivity (Wildman–Crippen MR) is 116 cm³/mol. The van der Waals surface area contributed by atoms with Gasteiger partial charge in [-0.05, 0) is 90.3 Å². The first-order chi connectivity index (χ1) is 14.7. The fourth-order valence-corrected chi connectivity index (χ4v) is 4.44. The summed E-state index contributed by atoms with van der Waals surface area (Å²) in [6, 6.07) is 3.67. The molecule has 1 saturated heterocycles. The molecule has 0 atom stereocenters. The minimum atomic E-state index is -0.640. The molecule has 31 heavy (non-hydrogen) atoms. The molecule has 1 aromatic carbocycles. The van der Waals surface area contributed by atoms with Crippen molar-refractivity contribution in [1.29, 1.82) is 0 Å². The van der Waals surface area contributed by atoms with Crippen LogP contribution >= 0.6 is 0 Å². The van der Waals surface area contributed by atoms with Crippen molar-refractivity contribution in [2.24, 2.45) is 5.92 Å². The Kier molecular flexibility index (Phi) is 8.14. The second-order valence-corrected chi connectivity index (χ2v) is 9.89. The number of hydrogen-bond acceptors (Lipinski definition) is 4. The van der Waals surface area contributed by atoms with Gasteiger partial charge in [-0.15, -0.1) is 0 Å². The number of rotatable bonds is 6. The number of likely N-dealkylation sites (tertiary alicyclic amines) is 1. The number of piperidine rings is 1. The molecule has 2 aliphatic rings. The Labute approximate surface area is 184 Å². The Morgan fingerprint density at radius 1 is 1.10 bits per heavy atom. The standard InChI is InChI=1S/C24H36F2N2O3/c1-24(2,3)31-23(29)27-19-7-4-17(5-8-19)10-13-28-14-11-20(12-15-28)30-22-9-6-18(25)16-21(22)26/h6,9,16-17,19-20H,4-5,7-8,10-15H2,1-3H3,(H,27,29)/t17-,19-. The van der Waals surface area contributed by atoms with Crippen LogP contribution in [0.25, 0.3) is 0 Å². The van der Waals surface area contributed by atoms with Crippen molar-refractivity contribution >= 4 is 6.09 Å². The number of amides is 1.